The quantitative estimate of drug-likeness (QED) is 0.815. The van der Waals surface area contributed by atoms with E-state index in [1.54, 1.807) is 23.1 Å². The van der Waals surface area contributed by atoms with Gasteiger partial charge in [0, 0.05) is 37.3 Å². The summed E-state index contributed by atoms with van der Waals surface area (Å²) in [6, 6.07) is 7.38. The molecule has 0 unspecified atom stereocenters. The standard InChI is InChI=1S/C18H16F2N2O5S/c19-12-1-4-17(14(20)6-12)28(24,25)21-8-11-5-18(23)22(9-11)13-2-3-15-16(7-13)27-10-26-15/h1-4,6-7,11,21H,5,8-10H2/t11-/m1/s1. The second-order valence-corrected chi connectivity index (χ2v) is 8.27. The number of ether oxygens (including phenoxy) is 2. The highest BCUT2D eigenvalue weighted by molar-refractivity contribution is 7.89. The van der Waals surface area contributed by atoms with Gasteiger partial charge in [-0.3, -0.25) is 4.79 Å². The van der Waals surface area contributed by atoms with Crippen molar-refractivity contribution in [2.24, 2.45) is 5.92 Å². The van der Waals surface area contributed by atoms with Crippen LogP contribution in [-0.4, -0.2) is 34.2 Å². The Kier molecular flexibility index (Phi) is 4.68. The number of hydrogen-bond donors (Lipinski definition) is 1. The summed E-state index contributed by atoms with van der Waals surface area (Å²) in [5.74, 6) is -1.34. The Bertz CT molecular complexity index is 1040. The first-order valence-electron chi connectivity index (χ1n) is 8.48. The fraction of sp³-hybridized carbons (Fsp3) is 0.278. The predicted molar refractivity (Wildman–Crippen MR) is 94.6 cm³/mol. The van der Waals surface area contributed by atoms with E-state index in [4.69, 9.17) is 9.47 Å². The van der Waals surface area contributed by atoms with E-state index in [0.717, 1.165) is 12.1 Å². The first-order chi connectivity index (χ1) is 13.3. The maximum Gasteiger partial charge on any atom is 0.243 e. The van der Waals surface area contributed by atoms with Gasteiger partial charge >= 0.3 is 0 Å². The summed E-state index contributed by atoms with van der Waals surface area (Å²) in [6.07, 6.45) is 0.142. The van der Waals surface area contributed by atoms with E-state index in [9.17, 15) is 22.0 Å². The second-order valence-electron chi connectivity index (χ2n) is 6.54. The molecule has 0 aromatic heterocycles. The SMILES string of the molecule is O=C1C[C@H](CNS(=O)(=O)c2ccc(F)cc2F)CN1c1ccc2c(c1)OCO2. The molecule has 1 N–H and O–H groups in total. The van der Waals surface area contributed by atoms with Crippen LogP contribution in [0.15, 0.2) is 41.3 Å². The smallest absolute Gasteiger partial charge is 0.243 e. The van der Waals surface area contributed by atoms with Crippen molar-refractivity contribution in [2.45, 2.75) is 11.3 Å². The zero-order chi connectivity index (χ0) is 19.9. The van der Waals surface area contributed by atoms with Gasteiger partial charge in [-0.05, 0) is 30.2 Å². The molecule has 1 fully saturated rings. The van der Waals surface area contributed by atoms with E-state index in [-0.39, 0.29) is 31.6 Å². The number of carbonyl (C=O) groups is 1. The summed E-state index contributed by atoms with van der Waals surface area (Å²) in [7, 11) is -4.16. The van der Waals surface area contributed by atoms with Crippen LogP contribution in [0.2, 0.25) is 0 Å². The Balaban J connectivity index is 1.43. The number of benzene rings is 2. The van der Waals surface area contributed by atoms with Crippen LogP contribution in [-0.2, 0) is 14.8 Å². The minimum absolute atomic E-state index is 0.0497. The molecule has 0 spiro atoms. The summed E-state index contributed by atoms with van der Waals surface area (Å²) in [5.41, 5.74) is 0.629. The molecule has 0 aliphatic carbocycles. The van der Waals surface area contributed by atoms with Crippen molar-refractivity contribution in [1.29, 1.82) is 0 Å². The zero-order valence-corrected chi connectivity index (χ0v) is 15.3. The minimum Gasteiger partial charge on any atom is -0.454 e. The van der Waals surface area contributed by atoms with E-state index in [2.05, 4.69) is 4.72 Å². The fourth-order valence-electron chi connectivity index (χ4n) is 3.22. The monoisotopic (exact) mass is 410 g/mol. The van der Waals surface area contributed by atoms with Gasteiger partial charge in [-0.2, -0.15) is 0 Å². The van der Waals surface area contributed by atoms with Gasteiger partial charge in [0.05, 0.1) is 0 Å². The summed E-state index contributed by atoms with van der Waals surface area (Å²) in [4.78, 5) is 13.3. The Hall–Kier alpha value is -2.72. The van der Waals surface area contributed by atoms with E-state index in [1.165, 1.54) is 0 Å². The molecular weight excluding hydrogens is 394 g/mol. The van der Waals surface area contributed by atoms with Gasteiger partial charge in [0.25, 0.3) is 0 Å². The third-order valence-corrected chi connectivity index (χ3v) is 6.08. The van der Waals surface area contributed by atoms with Crippen LogP contribution in [0.3, 0.4) is 0 Å². The van der Waals surface area contributed by atoms with Crippen LogP contribution >= 0.6 is 0 Å². The Morgan fingerprint density at radius 2 is 1.89 bits per heavy atom. The van der Waals surface area contributed by atoms with Gasteiger partial charge in [-0.25, -0.2) is 21.9 Å². The average molecular weight is 410 g/mol. The van der Waals surface area contributed by atoms with Crippen LogP contribution in [0, 0.1) is 17.6 Å². The molecular formula is C18H16F2N2O5S. The number of halogens is 2. The largest absolute Gasteiger partial charge is 0.454 e. The van der Waals surface area contributed by atoms with E-state index in [0.29, 0.717) is 29.8 Å². The van der Waals surface area contributed by atoms with Crippen molar-refractivity contribution in [3.8, 4) is 11.5 Å². The maximum atomic E-state index is 13.8. The molecule has 7 nitrogen and oxygen atoms in total. The first kappa shape index (κ1) is 18.6. The summed E-state index contributed by atoms with van der Waals surface area (Å²) >= 11 is 0. The van der Waals surface area contributed by atoms with Crippen molar-refractivity contribution >= 4 is 21.6 Å². The molecule has 2 aromatic rings. The normalized spacial score (nSPS) is 18.7. The number of carbonyl (C=O) groups excluding carboxylic acids is 1. The lowest BCUT2D eigenvalue weighted by Gasteiger charge is -2.17. The third-order valence-electron chi connectivity index (χ3n) is 4.62. The van der Waals surface area contributed by atoms with E-state index in [1.807, 2.05) is 0 Å². The number of sulfonamides is 1. The Labute approximate surface area is 159 Å². The predicted octanol–water partition coefficient (Wildman–Crippen LogP) is 2.02. The van der Waals surface area contributed by atoms with Crippen LogP contribution in [0.1, 0.15) is 6.42 Å². The lowest BCUT2D eigenvalue weighted by Crippen LogP contribution is -2.31. The Morgan fingerprint density at radius 3 is 2.68 bits per heavy atom. The molecule has 2 aromatic carbocycles. The molecule has 0 saturated carbocycles. The minimum atomic E-state index is -4.16. The number of nitrogens with zero attached hydrogens (tertiary/aromatic N) is 1. The highest BCUT2D eigenvalue weighted by Gasteiger charge is 2.32. The molecule has 2 heterocycles. The van der Waals surface area contributed by atoms with Crippen molar-refractivity contribution in [3.05, 3.63) is 48.0 Å². The van der Waals surface area contributed by atoms with Crippen molar-refractivity contribution in [2.75, 3.05) is 24.8 Å². The molecule has 1 atom stereocenters. The number of hydrogen-bond acceptors (Lipinski definition) is 5. The molecule has 10 heteroatoms. The Morgan fingerprint density at radius 1 is 1.11 bits per heavy atom. The van der Waals surface area contributed by atoms with Gasteiger partial charge in [0.1, 0.15) is 16.5 Å². The van der Waals surface area contributed by atoms with Crippen LogP contribution in [0.5, 0.6) is 11.5 Å². The molecule has 1 amide bonds. The summed E-state index contributed by atoms with van der Waals surface area (Å²) in [5, 5.41) is 0. The van der Waals surface area contributed by atoms with Gasteiger partial charge in [-0.15, -0.1) is 0 Å². The van der Waals surface area contributed by atoms with E-state index >= 15 is 0 Å². The van der Waals surface area contributed by atoms with Crippen LogP contribution < -0.4 is 19.1 Å². The number of fused-ring (bicyclic) bond motifs is 1. The summed E-state index contributed by atoms with van der Waals surface area (Å²) in [6.45, 7) is 0.371. The highest BCUT2D eigenvalue weighted by Crippen LogP contribution is 2.37. The molecule has 2 aliphatic heterocycles. The van der Waals surface area contributed by atoms with Gasteiger partial charge in [0.2, 0.25) is 22.7 Å². The van der Waals surface area contributed by atoms with Crippen LogP contribution in [0.25, 0.3) is 0 Å². The average Bonchev–Trinajstić information content (AvgIpc) is 3.25. The third kappa shape index (κ3) is 3.52. The maximum absolute atomic E-state index is 13.8. The van der Waals surface area contributed by atoms with E-state index < -0.39 is 26.6 Å². The molecule has 4 rings (SSSR count). The number of amides is 1. The summed E-state index contributed by atoms with van der Waals surface area (Å²) < 4.78 is 64.1. The zero-order valence-electron chi connectivity index (χ0n) is 14.5. The fourth-order valence-corrected chi connectivity index (χ4v) is 4.39. The molecule has 28 heavy (non-hydrogen) atoms. The lowest BCUT2D eigenvalue weighted by atomic mass is 10.1. The second kappa shape index (κ2) is 7.02. The molecule has 0 radical (unpaired) electrons. The number of rotatable bonds is 5. The van der Waals surface area contributed by atoms with Gasteiger partial charge in [-0.1, -0.05) is 0 Å². The first-order valence-corrected chi connectivity index (χ1v) is 9.96. The highest BCUT2D eigenvalue weighted by atomic mass is 32.2. The molecule has 2 aliphatic rings. The van der Waals surface area contributed by atoms with Gasteiger partial charge < -0.3 is 14.4 Å². The number of anilines is 1. The van der Waals surface area contributed by atoms with Crippen LogP contribution in [0.4, 0.5) is 14.5 Å². The van der Waals surface area contributed by atoms with Gasteiger partial charge in [0.15, 0.2) is 11.5 Å². The molecule has 148 valence electrons. The van der Waals surface area contributed by atoms with Crippen molar-refractivity contribution in [3.63, 3.8) is 0 Å². The van der Waals surface area contributed by atoms with Crippen molar-refractivity contribution in [1.82, 2.24) is 4.72 Å². The topological polar surface area (TPSA) is 84.9 Å². The number of nitrogens with one attached hydrogen (secondary N) is 1. The molecule has 0 bridgehead atoms. The lowest BCUT2D eigenvalue weighted by molar-refractivity contribution is -0.117. The molecule has 1 saturated heterocycles. The van der Waals surface area contributed by atoms with Crippen molar-refractivity contribution < 1.29 is 31.5 Å².